The molecular weight excluding hydrogens is 572 g/mol. The number of aliphatic hydroxyl groups excluding tert-OH is 2. The summed E-state index contributed by atoms with van der Waals surface area (Å²) in [6.45, 7) is 20.6. The Morgan fingerprint density at radius 1 is 1.00 bits per heavy atom. The SMILES string of the molecule is C=C(CC[C@@H](C)[C@H]1CC=C2C3=C([C@@H](O)[C@H](OC(C)=O)[C@@]21C)[C@@]1(C)C[C@@H](O)[C@H](OC(=O)CCC(=O)OC)C(C)(C)[C@@H]1CC3)C(C)C. The average Bonchev–Trinajstić information content (AvgIpc) is 3.31. The fraction of sp³-hybridized carbons (Fsp3) is 0.757. The molecule has 0 spiro atoms. The van der Waals surface area contributed by atoms with Gasteiger partial charge >= 0.3 is 17.9 Å². The molecule has 1 fully saturated rings. The molecule has 0 radical (unpaired) electrons. The van der Waals surface area contributed by atoms with Gasteiger partial charge in [-0.2, -0.15) is 0 Å². The summed E-state index contributed by atoms with van der Waals surface area (Å²) in [4.78, 5) is 36.9. The minimum atomic E-state index is -1.03. The largest absolute Gasteiger partial charge is 0.469 e. The summed E-state index contributed by atoms with van der Waals surface area (Å²) in [6, 6.07) is 0. The number of carbonyl (C=O) groups is 3. The molecule has 9 atom stereocenters. The summed E-state index contributed by atoms with van der Waals surface area (Å²) < 4.78 is 16.6. The number of methoxy groups -OCH3 is 1. The molecule has 0 aromatic heterocycles. The third kappa shape index (κ3) is 6.18. The van der Waals surface area contributed by atoms with Crippen molar-refractivity contribution in [3.63, 3.8) is 0 Å². The Kier molecular flexibility index (Phi) is 10.2. The Balaban J connectivity index is 1.69. The molecule has 0 aromatic carbocycles. The molecule has 4 aliphatic rings. The van der Waals surface area contributed by atoms with Crippen LogP contribution < -0.4 is 0 Å². The molecule has 0 heterocycles. The predicted molar refractivity (Wildman–Crippen MR) is 172 cm³/mol. The van der Waals surface area contributed by atoms with Crippen molar-refractivity contribution in [2.24, 2.45) is 39.9 Å². The van der Waals surface area contributed by atoms with Gasteiger partial charge in [0, 0.05) is 17.8 Å². The number of hydrogen-bond donors (Lipinski definition) is 2. The third-order valence-electron chi connectivity index (χ3n) is 12.2. The van der Waals surface area contributed by atoms with E-state index in [1.165, 1.54) is 25.2 Å². The average molecular weight is 629 g/mol. The summed E-state index contributed by atoms with van der Waals surface area (Å²) in [7, 11) is 1.27. The van der Waals surface area contributed by atoms with E-state index in [1.54, 1.807) is 0 Å². The van der Waals surface area contributed by atoms with Crippen LogP contribution in [0.4, 0.5) is 0 Å². The van der Waals surface area contributed by atoms with Crippen LogP contribution in [-0.2, 0) is 28.6 Å². The van der Waals surface area contributed by atoms with Gasteiger partial charge in [-0.1, -0.05) is 66.7 Å². The molecule has 8 heteroatoms. The van der Waals surface area contributed by atoms with Gasteiger partial charge in [0.2, 0.25) is 0 Å². The Morgan fingerprint density at radius 2 is 1.64 bits per heavy atom. The van der Waals surface area contributed by atoms with Crippen molar-refractivity contribution in [3.8, 4) is 0 Å². The summed E-state index contributed by atoms with van der Waals surface area (Å²) in [5.41, 5.74) is 2.61. The molecule has 0 saturated heterocycles. The van der Waals surface area contributed by atoms with Crippen molar-refractivity contribution in [1.29, 1.82) is 0 Å². The quantitative estimate of drug-likeness (QED) is 0.166. The summed E-state index contributed by atoms with van der Waals surface area (Å²) in [5.74, 6) is -0.548. The van der Waals surface area contributed by atoms with Crippen molar-refractivity contribution in [2.75, 3.05) is 7.11 Å². The van der Waals surface area contributed by atoms with Crippen molar-refractivity contribution < 1.29 is 38.8 Å². The Bertz CT molecular complexity index is 1260. The zero-order valence-corrected chi connectivity index (χ0v) is 28.9. The van der Waals surface area contributed by atoms with Crippen LogP contribution in [0.3, 0.4) is 0 Å². The van der Waals surface area contributed by atoms with Gasteiger partial charge < -0.3 is 24.4 Å². The van der Waals surface area contributed by atoms with Crippen molar-refractivity contribution >= 4 is 17.9 Å². The first kappa shape index (κ1) is 35.4. The molecule has 8 nitrogen and oxygen atoms in total. The summed E-state index contributed by atoms with van der Waals surface area (Å²) in [6.07, 6.45) is 3.18. The van der Waals surface area contributed by atoms with E-state index in [1.807, 2.05) is 13.8 Å². The second-order valence-corrected chi connectivity index (χ2v) is 15.5. The van der Waals surface area contributed by atoms with Crippen LogP contribution in [0.25, 0.3) is 0 Å². The number of carbonyl (C=O) groups excluding carboxylic acids is 3. The van der Waals surface area contributed by atoms with Gasteiger partial charge in [-0.05, 0) is 84.3 Å². The zero-order valence-electron chi connectivity index (χ0n) is 28.9. The lowest BCUT2D eigenvalue weighted by atomic mass is 9.45. The van der Waals surface area contributed by atoms with E-state index in [-0.39, 0.29) is 24.7 Å². The first-order valence-corrected chi connectivity index (χ1v) is 16.8. The molecule has 0 aliphatic heterocycles. The molecular formula is C37H56O8. The van der Waals surface area contributed by atoms with E-state index in [0.717, 1.165) is 43.3 Å². The number of allylic oxidation sites excluding steroid dienone is 3. The lowest BCUT2D eigenvalue weighted by Gasteiger charge is -2.62. The highest BCUT2D eigenvalue weighted by Gasteiger charge is 2.65. The highest BCUT2D eigenvalue weighted by atomic mass is 16.6. The highest BCUT2D eigenvalue weighted by Crippen LogP contribution is 2.67. The van der Waals surface area contributed by atoms with Gasteiger partial charge in [-0.3, -0.25) is 14.4 Å². The molecule has 0 amide bonds. The van der Waals surface area contributed by atoms with Crippen LogP contribution in [0.1, 0.15) is 107 Å². The number of fused-ring (bicyclic) bond motifs is 4. The van der Waals surface area contributed by atoms with Gasteiger partial charge in [-0.15, -0.1) is 0 Å². The normalized spacial score (nSPS) is 35.9. The van der Waals surface area contributed by atoms with Gasteiger partial charge in [0.15, 0.2) is 0 Å². The highest BCUT2D eigenvalue weighted by molar-refractivity contribution is 5.77. The minimum Gasteiger partial charge on any atom is -0.469 e. The molecule has 2 N–H and O–H groups in total. The first-order chi connectivity index (χ1) is 20.9. The lowest BCUT2D eigenvalue weighted by Crippen LogP contribution is -2.63. The van der Waals surface area contributed by atoms with Crippen LogP contribution in [0.2, 0.25) is 0 Å². The molecule has 1 saturated carbocycles. The Morgan fingerprint density at radius 3 is 2.24 bits per heavy atom. The topological polar surface area (TPSA) is 119 Å². The maximum Gasteiger partial charge on any atom is 0.306 e. The van der Waals surface area contributed by atoms with Crippen molar-refractivity contribution in [3.05, 3.63) is 34.9 Å². The molecule has 252 valence electrons. The number of hydrogen-bond acceptors (Lipinski definition) is 8. The number of esters is 3. The second-order valence-electron chi connectivity index (χ2n) is 15.5. The molecule has 0 unspecified atom stereocenters. The smallest absolute Gasteiger partial charge is 0.306 e. The summed E-state index contributed by atoms with van der Waals surface area (Å²) in [5, 5.41) is 23.9. The zero-order chi connectivity index (χ0) is 33.6. The molecule has 4 rings (SSSR count). The van der Waals surface area contributed by atoms with Crippen LogP contribution in [0.15, 0.2) is 34.9 Å². The molecule has 0 bridgehead atoms. The van der Waals surface area contributed by atoms with Gasteiger partial charge in [0.1, 0.15) is 18.3 Å². The minimum absolute atomic E-state index is 0.0266. The standard InChI is InChI=1S/C37H56O8/c1-20(2)21(3)11-12-22(4)25-14-15-26-24-13-16-28-35(6,7)33(45-30(41)18-17-29(40)43-10)27(39)19-36(28,8)31(24)32(42)34(37(25,26)9)44-23(5)38/h15,20,22,25,27-28,32-34,39,42H,3,11-14,16-19H2,1-2,4-10H3/t22-,25-,27-,28+,32-,33+,34+,36+,37-/m1/s1. The number of rotatable bonds is 10. The first-order valence-electron chi connectivity index (χ1n) is 16.8. The van der Waals surface area contributed by atoms with Crippen LogP contribution in [0, 0.1) is 39.9 Å². The van der Waals surface area contributed by atoms with E-state index in [2.05, 4.69) is 52.0 Å². The van der Waals surface area contributed by atoms with Crippen LogP contribution >= 0.6 is 0 Å². The van der Waals surface area contributed by atoms with E-state index in [4.69, 9.17) is 9.47 Å². The van der Waals surface area contributed by atoms with Crippen LogP contribution in [-0.4, -0.2) is 59.6 Å². The maximum atomic E-state index is 12.7. The number of ether oxygens (including phenoxy) is 3. The van der Waals surface area contributed by atoms with Gasteiger partial charge in [0.05, 0.1) is 26.1 Å². The van der Waals surface area contributed by atoms with Gasteiger partial charge in [-0.25, -0.2) is 0 Å². The third-order valence-corrected chi connectivity index (χ3v) is 12.2. The predicted octanol–water partition coefficient (Wildman–Crippen LogP) is 6.24. The Hall–Kier alpha value is -2.45. The van der Waals surface area contributed by atoms with E-state index in [0.29, 0.717) is 18.3 Å². The maximum absolute atomic E-state index is 12.7. The lowest BCUT2D eigenvalue weighted by molar-refractivity contribution is -0.198. The monoisotopic (exact) mass is 628 g/mol. The van der Waals surface area contributed by atoms with E-state index >= 15 is 0 Å². The van der Waals surface area contributed by atoms with Gasteiger partial charge in [0.25, 0.3) is 0 Å². The fourth-order valence-corrected chi connectivity index (χ4v) is 9.78. The van der Waals surface area contributed by atoms with Crippen LogP contribution in [0.5, 0.6) is 0 Å². The van der Waals surface area contributed by atoms with Crippen molar-refractivity contribution in [2.45, 2.75) is 131 Å². The molecule has 0 aromatic rings. The molecule has 4 aliphatic carbocycles. The van der Waals surface area contributed by atoms with E-state index in [9.17, 15) is 24.6 Å². The second kappa shape index (κ2) is 13.0. The Labute approximate surface area is 269 Å². The fourth-order valence-electron chi connectivity index (χ4n) is 9.78. The number of aliphatic hydroxyl groups is 2. The van der Waals surface area contributed by atoms with E-state index < -0.39 is 58.6 Å². The molecule has 45 heavy (non-hydrogen) atoms. The van der Waals surface area contributed by atoms with Crippen molar-refractivity contribution in [1.82, 2.24) is 0 Å². The summed E-state index contributed by atoms with van der Waals surface area (Å²) >= 11 is 0.